The first-order valence-corrected chi connectivity index (χ1v) is 4.51. The van der Waals surface area contributed by atoms with Crippen molar-refractivity contribution in [1.82, 2.24) is 0 Å². The molecule has 78 valence electrons. The molecule has 4 heteroatoms. The van der Waals surface area contributed by atoms with Gasteiger partial charge in [0.2, 0.25) is 0 Å². The van der Waals surface area contributed by atoms with Crippen molar-refractivity contribution in [1.29, 1.82) is 0 Å². The Bertz CT molecular complexity index is 503. The molecule has 0 spiro atoms. The summed E-state index contributed by atoms with van der Waals surface area (Å²) in [5.41, 5.74) is 0.365. The van der Waals surface area contributed by atoms with Gasteiger partial charge in [0.15, 0.2) is 11.4 Å². The zero-order chi connectivity index (χ0) is 10.8. The molecular formula is C11H8F2O2. The predicted octanol–water partition coefficient (Wildman–Crippen LogP) is 2.84. The molecule has 2 rings (SSSR count). The molecule has 0 fully saturated rings. The van der Waals surface area contributed by atoms with E-state index < -0.39 is 11.6 Å². The smallest absolute Gasteiger partial charge is 0.169 e. The standard InChI is InChI=1S/C11H8F2O2/c12-9-6-10(13)11-8(3-5-15-11)7(9)2-1-4-14/h3-6H,1-2H2. The number of rotatable bonds is 3. The normalized spacial score (nSPS) is 10.8. The molecule has 0 amide bonds. The summed E-state index contributed by atoms with van der Waals surface area (Å²) in [6.45, 7) is 0. The lowest BCUT2D eigenvalue weighted by Crippen LogP contribution is -1.94. The first-order chi connectivity index (χ1) is 7.24. The lowest BCUT2D eigenvalue weighted by Gasteiger charge is -2.02. The van der Waals surface area contributed by atoms with E-state index in [2.05, 4.69) is 0 Å². The van der Waals surface area contributed by atoms with E-state index in [0.29, 0.717) is 17.2 Å². The molecule has 0 saturated heterocycles. The number of hydrogen-bond donors (Lipinski definition) is 0. The Morgan fingerprint density at radius 3 is 2.87 bits per heavy atom. The number of aryl methyl sites for hydroxylation is 1. The monoisotopic (exact) mass is 210 g/mol. The van der Waals surface area contributed by atoms with Crippen molar-refractivity contribution in [2.45, 2.75) is 12.8 Å². The van der Waals surface area contributed by atoms with Crippen LogP contribution in [-0.2, 0) is 11.2 Å². The zero-order valence-electron chi connectivity index (χ0n) is 7.80. The van der Waals surface area contributed by atoms with Crippen LogP contribution in [0.15, 0.2) is 22.8 Å². The second-order valence-corrected chi connectivity index (χ2v) is 3.19. The highest BCUT2D eigenvalue weighted by molar-refractivity contribution is 5.82. The molecule has 0 atom stereocenters. The molecule has 2 aromatic rings. The van der Waals surface area contributed by atoms with Crippen molar-refractivity contribution in [3.8, 4) is 0 Å². The minimum atomic E-state index is -0.720. The fourth-order valence-electron chi connectivity index (χ4n) is 1.58. The van der Waals surface area contributed by atoms with Crippen LogP contribution in [0.25, 0.3) is 11.0 Å². The Hall–Kier alpha value is -1.71. The highest BCUT2D eigenvalue weighted by Gasteiger charge is 2.14. The van der Waals surface area contributed by atoms with Crippen LogP contribution in [0.1, 0.15) is 12.0 Å². The van der Waals surface area contributed by atoms with Gasteiger partial charge in [-0.3, -0.25) is 0 Å². The largest absolute Gasteiger partial charge is 0.461 e. The quantitative estimate of drug-likeness (QED) is 0.729. The molecule has 0 aliphatic heterocycles. The molecule has 1 heterocycles. The van der Waals surface area contributed by atoms with E-state index in [4.69, 9.17) is 4.42 Å². The van der Waals surface area contributed by atoms with E-state index in [0.717, 1.165) is 6.07 Å². The summed E-state index contributed by atoms with van der Waals surface area (Å²) in [5, 5.41) is 0.398. The molecule has 0 aliphatic rings. The number of carbonyl (C=O) groups is 1. The molecule has 1 aromatic heterocycles. The summed E-state index contributed by atoms with van der Waals surface area (Å²) >= 11 is 0. The SMILES string of the molecule is O=CCCc1c(F)cc(F)c2occc12. The molecule has 0 radical (unpaired) electrons. The summed E-state index contributed by atoms with van der Waals surface area (Å²) in [4.78, 5) is 10.2. The highest BCUT2D eigenvalue weighted by Crippen LogP contribution is 2.26. The fraction of sp³-hybridized carbons (Fsp3) is 0.182. The van der Waals surface area contributed by atoms with Crippen LogP contribution in [0.4, 0.5) is 8.78 Å². The van der Waals surface area contributed by atoms with Crippen molar-refractivity contribution in [2.24, 2.45) is 0 Å². The molecule has 0 unspecified atom stereocenters. The van der Waals surface area contributed by atoms with Gasteiger partial charge < -0.3 is 9.21 Å². The summed E-state index contributed by atoms with van der Waals surface area (Å²) in [5.74, 6) is -1.36. The Morgan fingerprint density at radius 2 is 2.13 bits per heavy atom. The van der Waals surface area contributed by atoms with Crippen molar-refractivity contribution < 1.29 is 18.0 Å². The molecule has 0 saturated carbocycles. The van der Waals surface area contributed by atoms with E-state index in [1.54, 1.807) is 0 Å². The maximum Gasteiger partial charge on any atom is 0.169 e. The summed E-state index contributed by atoms with van der Waals surface area (Å²) < 4.78 is 31.5. The Balaban J connectivity index is 2.60. The summed E-state index contributed by atoms with van der Waals surface area (Å²) in [6.07, 6.45) is 2.47. The van der Waals surface area contributed by atoms with Crippen LogP contribution in [0, 0.1) is 11.6 Å². The Labute approximate surface area is 84.5 Å². The van der Waals surface area contributed by atoms with E-state index >= 15 is 0 Å². The van der Waals surface area contributed by atoms with Gasteiger partial charge in [-0.25, -0.2) is 8.78 Å². The molecule has 2 nitrogen and oxygen atoms in total. The van der Waals surface area contributed by atoms with Crippen LogP contribution in [0.2, 0.25) is 0 Å². The van der Waals surface area contributed by atoms with Gasteiger partial charge in [-0.2, -0.15) is 0 Å². The maximum atomic E-state index is 13.4. The van der Waals surface area contributed by atoms with Gasteiger partial charge in [0.1, 0.15) is 12.1 Å². The molecule has 1 aromatic carbocycles. The van der Waals surface area contributed by atoms with Crippen molar-refractivity contribution >= 4 is 17.3 Å². The average molecular weight is 210 g/mol. The lowest BCUT2D eigenvalue weighted by atomic mass is 10.0. The van der Waals surface area contributed by atoms with Gasteiger partial charge in [0, 0.05) is 17.9 Å². The van der Waals surface area contributed by atoms with Gasteiger partial charge in [-0.15, -0.1) is 0 Å². The molecular weight excluding hydrogens is 202 g/mol. The topological polar surface area (TPSA) is 30.2 Å². The van der Waals surface area contributed by atoms with E-state index in [1.165, 1.54) is 12.3 Å². The van der Waals surface area contributed by atoms with Gasteiger partial charge in [-0.05, 0) is 18.1 Å². The van der Waals surface area contributed by atoms with Crippen LogP contribution in [0.5, 0.6) is 0 Å². The molecule has 0 aliphatic carbocycles. The van der Waals surface area contributed by atoms with Crippen molar-refractivity contribution in [3.05, 3.63) is 35.6 Å². The van der Waals surface area contributed by atoms with E-state index in [9.17, 15) is 13.6 Å². The van der Waals surface area contributed by atoms with Gasteiger partial charge in [-0.1, -0.05) is 0 Å². The molecule has 15 heavy (non-hydrogen) atoms. The predicted molar refractivity (Wildman–Crippen MR) is 50.5 cm³/mol. The lowest BCUT2D eigenvalue weighted by molar-refractivity contribution is -0.107. The number of halogens is 2. The van der Waals surface area contributed by atoms with Crippen LogP contribution in [-0.4, -0.2) is 6.29 Å². The van der Waals surface area contributed by atoms with Crippen LogP contribution in [0.3, 0.4) is 0 Å². The van der Waals surface area contributed by atoms with E-state index in [-0.39, 0.29) is 18.4 Å². The number of fused-ring (bicyclic) bond motifs is 1. The average Bonchev–Trinajstić information content (AvgIpc) is 2.66. The molecule has 0 N–H and O–H groups in total. The number of hydrogen-bond acceptors (Lipinski definition) is 2. The second-order valence-electron chi connectivity index (χ2n) is 3.19. The molecule has 0 bridgehead atoms. The minimum Gasteiger partial charge on any atom is -0.461 e. The van der Waals surface area contributed by atoms with Crippen LogP contribution >= 0.6 is 0 Å². The highest BCUT2D eigenvalue weighted by atomic mass is 19.1. The number of aldehydes is 1. The third kappa shape index (κ3) is 1.63. The van der Waals surface area contributed by atoms with Crippen molar-refractivity contribution in [2.75, 3.05) is 0 Å². The Morgan fingerprint density at radius 1 is 1.33 bits per heavy atom. The minimum absolute atomic E-state index is 0.0392. The van der Waals surface area contributed by atoms with Crippen molar-refractivity contribution in [3.63, 3.8) is 0 Å². The third-order valence-electron chi connectivity index (χ3n) is 2.26. The zero-order valence-corrected chi connectivity index (χ0v) is 7.80. The van der Waals surface area contributed by atoms with E-state index in [1.807, 2.05) is 0 Å². The second kappa shape index (κ2) is 3.81. The summed E-state index contributed by atoms with van der Waals surface area (Å²) in [6, 6.07) is 2.29. The fourth-order valence-corrected chi connectivity index (χ4v) is 1.58. The first kappa shape index (κ1) is 9.83. The number of benzene rings is 1. The van der Waals surface area contributed by atoms with Gasteiger partial charge in [0.05, 0.1) is 6.26 Å². The third-order valence-corrected chi connectivity index (χ3v) is 2.26. The number of carbonyl (C=O) groups excluding carboxylic acids is 1. The first-order valence-electron chi connectivity index (χ1n) is 4.51. The van der Waals surface area contributed by atoms with Gasteiger partial charge >= 0.3 is 0 Å². The summed E-state index contributed by atoms with van der Waals surface area (Å²) in [7, 11) is 0. The number of furan rings is 1. The van der Waals surface area contributed by atoms with Gasteiger partial charge in [0.25, 0.3) is 0 Å². The maximum absolute atomic E-state index is 13.4. The Kier molecular flexibility index (Phi) is 2.49. The van der Waals surface area contributed by atoms with Crippen LogP contribution < -0.4 is 0 Å².